The van der Waals surface area contributed by atoms with Gasteiger partial charge in [-0.05, 0) is 36.1 Å². The fraction of sp³-hybridized carbons (Fsp3) is 0.565. The van der Waals surface area contributed by atoms with Crippen LogP contribution in [0, 0.1) is 0 Å². The second-order valence-corrected chi connectivity index (χ2v) is 26.3. The van der Waals surface area contributed by atoms with E-state index in [4.69, 9.17) is 76.8 Å². The Bertz CT molecular complexity index is 2280. The Morgan fingerprint density at radius 1 is 0.729 bits per heavy atom. The van der Waals surface area contributed by atoms with E-state index in [2.05, 4.69) is 38.5 Å². The van der Waals surface area contributed by atoms with Gasteiger partial charge in [0.25, 0.3) is 0 Å². The molecule has 59 heavy (non-hydrogen) atoms. The number of rotatable bonds is 16. The Morgan fingerprint density at radius 3 is 1.42 bits per heavy atom. The summed E-state index contributed by atoms with van der Waals surface area (Å²) >= 11 is 23.5. The van der Waals surface area contributed by atoms with Gasteiger partial charge in [-0.1, -0.05) is 46.7 Å². The first-order valence-corrected chi connectivity index (χ1v) is 27.4. The van der Waals surface area contributed by atoms with Gasteiger partial charge in [-0.15, -0.1) is 0 Å². The number of halogens is 2. The van der Waals surface area contributed by atoms with Gasteiger partial charge in [0.15, 0.2) is 45.7 Å². The lowest BCUT2D eigenvalue weighted by atomic mass is 10.1. The number of nitrogens with two attached hydrogens (primary N) is 2. The lowest BCUT2D eigenvalue weighted by Gasteiger charge is -2.31. The third-order valence-corrected chi connectivity index (χ3v) is 21.1. The standard InChI is InChI=1S/C23H32Cl2N10O16P4S4/c1-58-21-30-15(26)9-17(32-21)34(5-28-9)19-13(38)11(36)7(48-19)3-46-54(44,56)50-52(40,41)23(24,25)53(42,43)51-55(45,57)47-4-8-12(37)14(39)20(49-8)35-6-29-10-16(27)31-22(59-2)33-18(10)35/h5-8,11-14,19-20,36-39H,3-4H2,1-2H3,(H,40,41)(H,42,43)(H,44,56)(H,45,57)(H2,26,30,32)(H2,27,31,33)/t7-,8-,11-,12-,13-,14-,19-,20-,54?,55?/m1/s1. The number of thioether (sulfide) groups is 2. The summed E-state index contributed by atoms with van der Waals surface area (Å²) in [5.74, 6) is 0.0527. The van der Waals surface area contributed by atoms with Crippen LogP contribution in [0.2, 0.25) is 0 Å². The van der Waals surface area contributed by atoms with Crippen molar-refractivity contribution in [3.63, 3.8) is 0 Å². The molecule has 26 nitrogen and oxygen atoms in total. The Labute approximate surface area is 359 Å². The highest BCUT2D eigenvalue weighted by molar-refractivity contribution is 8.10. The molecule has 0 aliphatic carbocycles. The molecule has 2 saturated heterocycles. The Kier molecular flexibility index (Phi) is 14.2. The monoisotopic (exact) mass is 1030 g/mol. The van der Waals surface area contributed by atoms with E-state index in [1.54, 1.807) is 12.5 Å². The molecule has 0 amide bonds. The van der Waals surface area contributed by atoms with Crippen molar-refractivity contribution in [2.75, 3.05) is 37.2 Å². The van der Waals surface area contributed by atoms with Crippen LogP contribution < -0.4 is 11.5 Å². The van der Waals surface area contributed by atoms with Crippen LogP contribution in [0.15, 0.2) is 23.0 Å². The molecule has 12 atom stereocenters. The summed E-state index contributed by atoms with van der Waals surface area (Å²) in [6, 6.07) is 0. The van der Waals surface area contributed by atoms with E-state index in [9.17, 15) is 49.1 Å². The van der Waals surface area contributed by atoms with Gasteiger partial charge < -0.3 is 70.0 Å². The van der Waals surface area contributed by atoms with Crippen molar-refractivity contribution in [3.05, 3.63) is 12.7 Å². The van der Waals surface area contributed by atoms with Crippen molar-refractivity contribution < 1.29 is 76.3 Å². The van der Waals surface area contributed by atoms with Crippen molar-refractivity contribution >= 4 is 133 Å². The number of anilines is 2. The SMILES string of the molecule is CSc1nc(N)c2ncn([C@@H]3O[C@H](COP(O)(=S)OP(=O)(O)C(Cl)(Cl)P(=O)(O)OP(O)(=S)OC[C@H]4O[C@@H](n5cnc6c(N)nc(SC)nc65)[C@H](O)[C@@H]4O)[C@@H](O)[C@H]3O)c2n1. The van der Waals surface area contributed by atoms with Crippen molar-refractivity contribution in [3.8, 4) is 0 Å². The molecule has 0 radical (unpaired) electrons. The zero-order chi connectivity index (χ0) is 43.6. The molecule has 0 aromatic carbocycles. The van der Waals surface area contributed by atoms with E-state index in [0.717, 1.165) is 23.5 Å². The van der Waals surface area contributed by atoms with E-state index >= 15 is 0 Å². The van der Waals surface area contributed by atoms with E-state index < -0.39 is 94.7 Å². The van der Waals surface area contributed by atoms with E-state index in [1.807, 2.05) is 0 Å². The molecule has 12 N–H and O–H groups in total. The molecule has 6 heterocycles. The molecule has 6 rings (SSSR count). The number of ether oxygens (including phenoxy) is 2. The van der Waals surface area contributed by atoms with Crippen molar-refractivity contribution in [2.45, 2.75) is 63.2 Å². The molecule has 2 aliphatic heterocycles. The average molecular weight is 1030 g/mol. The van der Waals surface area contributed by atoms with E-state index in [1.165, 1.54) is 21.8 Å². The fourth-order valence-corrected chi connectivity index (χ4v) is 15.3. The summed E-state index contributed by atoms with van der Waals surface area (Å²) in [7, 11) is -12.2. The number of fused-ring (bicyclic) bond motifs is 2. The van der Waals surface area contributed by atoms with Crippen LogP contribution in [0.5, 0.6) is 0 Å². The second-order valence-electron chi connectivity index (χ2n) is 12.2. The van der Waals surface area contributed by atoms with Gasteiger partial charge in [0, 0.05) is 0 Å². The van der Waals surface area contributed by atoms with Crippen molar-refractivity contribution in [1.82, 2.24) is 39.0 Å². The predicted molar refractivity (Wildman–Crippen MR) is 216 cm³/mol. The first kappa shape index (κ1) is 47.7. The van der Waals surface area contributed by atoms with Gasteiger partial charge in [-0.25, -0.2) is 38.5 Å². The van der Waals surface area contributed by atoms with Gasteiger partial charge >= 0.3 is 32.4 Å². The van der Waals surface area contributed by atoms with Crippen LogP contribution in [-0.2, 0) is 59.9 Å². The topological polar surface area (TPSA) is 391 Å². The maximum Gasteiger partial charge on any atom is 0.383 e. The number of aliphatic hydroxyl groups excluding tert-OH is 4. The maximum absolute atomic E-state index is 13.2. The summed E-state index contributed by atoms with van der Waals surface area (Å²) in [6.45, 7) is -11.9. The molecular weight excluding hydrogens is 995 g/mol. The Hall–Kier alpha value is -0.820. The minimum absolute atomic E-state index is 0.0264. The predicted octanol–water partition coefficient (Wildman–Crippen LogP) is 0.472. The molecule has 4 aromatic heterocycles. The van der Waals surface area contributed by atoms with Gasteiger partial charge in [0.2, 0.25) is 0 Å². The normalized spacial score (nSPS) is 29.4. The Balaban J connectivity index is 1.07. The average Bonchev–Trinajstić information content (AvgIpc) is 3.90. The quantitative estimate of drug-likeness (QED) is 0.0316. The number of hydrogen-bond acceptors (Lipinski definition) is 24. The Morgan fingerprint density at radius 2 is 1.08 bits per heavy atom. The number of imidazole rings is 2. The van der Waals surface area contributed by atoms with Crippen LogP contribution >= 0.6 is 75.4 Å². The highest BCUT2D eigenvalue weighted by Crippen LogP contribution is 2.83. The number of aromatic nitrogens is 8. The molecule has 4 unspecified atom stereocenters. The van der Waals surface area contributed by atoms with Crippen molar-refractivity contribution in [1.29, 1.82) is 0 Å². The first-order valence-electron chi connectivity index (χ1n) is 15.9. The second kappa shape index (κ2) is 17.6. The molecule has 36 heteroatoms. The van der Waals surface area contributed by atoms with E-state index in [-0.39, 0.29) is 44.3 Å². The maximum atomic E-state index is 13.2. The number of aliphatic hydroxyl groups is 4. The smallest absolute Gasteiger partial charge is 0.383 e. The minimum Gasteiger partial charge on any atom is -0.387 e. The summed E-state index contributed by atoms with van der Waals surface area (Å²) in [4.78, 5) is 67.5. The lowest BCUT2D eigenvalue weighted by Crippen LogP contribution is -2.33. The summed E-state index contributed by atoms with van der Waals surface area (Å²) < 4.78 is 55.6. The summed E-state index contributed by atoms with van der Waals surface area (Å²) in [5.41, 5.74) is 12.5. The van der Waals surface area contributed by atoms with Crippen LogP contribution in [0.3, 0.4) is 0 Å². The van der Waals surface area contributed by atoms with Crippen LogP contribution in [0.25, 0.3) is 22.3 Å². The van der Waals surface area contributed by atoms with Gasteiger partial charge in [-0.2, -0.15) is 0 Å². The first-order chi connectivity index (χ1) is 27.3. The molecule has 0 saturated carbocycles. The minimum atomic E-state index is -6.08. The molecule has 328 valence electrons. The highest BCUT2D eigenvalue weighted by Gasteiger charge is 2.65. The van der Waals surface area contributed by atoms with Gasteiger partial charge in [-0.3, -0.25) is 18.3 Å². The zero-order valence-corrected chi connectivity index (χ0v) is 37.8. The van der Waals surface area contributed by atoms with Gasteiger partial charge in [0.1, 0.15) is 47.7 Å². The fourth-order valence-electron chi connectivity index (χ4n) is 5.50. The van der Waals surface area contributed by atoms with Crippen molar-refractivity contribution in [2.24, 2.45) is 0 Å². The molecule has 4 aromatic rings. The summed E-state index contributed by atoms with van der Waals surface area (Å²) in [6.07, 6.45) is -6.70. The van der Waals surface area contributed by atoms with Crippen LogP contribution in [0.1, 0.15) is 12.5 Å². The number of nitrogens with zero attached hydrogens (tertiary/aromatic N) is 8. The van der Waals surface area contributed by atoms with Gasteiger partial charge in [0.05, 0.1) is 25.9 Å². The summed E-state index contributed by atoms with van der Waals surface area (Å²) in [5, 5.41) is 43.4. The highest BCUT2D eigenvalue weighted by atomic mass is 35.5. The van der Waals surface area contributed by atoms with Crippen LogP contribution in [-0.4, -0.2) is 145 Å². The molecule has 0 bridgehead atoms. The molecule has 0 spiro atoms. The molecule has 2 fully saturated rings. The molecule has 2 aliphatic rings. The van der Waals surface area contributed by atoms with Crippen LogP contribution in [0.4, 0.5) is 11.6 Å². The number of nitrogen functional groups attached to an aromatic ring is 2. The van der Waals surface area contributed by atoms with E-state index in [0.29, 0.717) is 0 Å². The third-order valence-electron chi connectivity index (χ3n) is 8.36. The third kappa shape index (κ3) is 9.53. The molecular formula is C23H32Cl2N10O16P4S4. The zero-order valence-electron chi connectivity index (χ0n) is 29.4. The lowest BCUT2D eigenvalue weighted by molar-refractivity contribution is -0.0486. The number of hydrogen-bond donors (Lipinski definition) is 10. The largest absolute Gasteiger partial charge is 0.387 e. The number of alkyl halides is 2.